The predicted molar refractivity (Wildman–Crippen MR) is 97.0 cm³/mol. The quantitative estimate of drug-likeness (QED) is 0.788. The van der Waals surface area contributed by atoms with Crippen LogP contribution in [-0.4, -0.2) is 40.2 Å². The number of aliphatic hydroxyl groups is 1. The topological polar surface area (TPSA) is 65.5 Å². The summed E-state index contributed by atoms with van der Waals surface area (Å²) in [7, 11) is 0. The molecule has 2 aromatic rings. The van der Waals surface area contributed by atoms with Gasteiger partial charge in [0.05, 0.1) is 6.10 Å². The smallest absolute Gasteiger partial charge is 0.321 e. The van der Waals surface area contributed by atoms with Gasteiger partial charge in [0.15, 0.2) is 0 Å². The van der Waals surface area contributed by atoms with Crippen molar-refractivity contribution in [1.29, 1.82) is 0 Å². The van der Waals surface area contributed by atoms with Gasteiger partial charge in [0.1, 0.15) is 5.69 Å². The molecule has 5 nitrogen and oxygen atoms in total. The summed E-state index contributed by atoms with van der Waals surface area (Å²) in [6.45, 7) is 3.03. The van der Waals surface area contributed by atoms with Crippen LogP contribution in [0.5, 0.6) is 0 Å². The zero-order valence-corrected chi connectivity index (χ0v) is 14.1. The van der Waals surface area contributed by atoms with Gasteiger partial charge >= 0.3 is 6.03 Å². The van der Waals surface area contributed by atoms with Crippen molar-refractivity contribution in [3.8, 4) is 11.8 Å². The lowest BCUT2D eigenvalue weighted by Gasteiger charge is -2.34. The molecule has 2 unspecified atom stereocenters. The standard InChI is InChI=1S/C20H21N3O2/c1-15-10-12-23(14-19(15)24)20(25)22-18-7-4-5-16(13-18)8-9-17-6-2-3-11-21-17/h2-7,11,13,15,19,24H,10,12,14H2,1H3,(H,22,25). The van der Waals surface area contributed by atoms with E-state index < -0.39 is 6.10 Å². The molecule has 25 heavy (non-hydrogen) atoms. The molecule has 1 aliphatic rings. The number of β-amino-alcohol motifs (C(OH)–C–C–N with tert-alkyl or cyclic N) is 1. The number of rotatable bonds is 1. The lowest BCUT2D eigenvalue weighted by Crippen LogP contribution is -2.47. The first kappa shape index (κ1) is 17.0. The van der Waals surface area contributed by atoms with Crippen LogP contribution in [0.3, 0.4) is 0 Å². The molecule has 1 fully saturated rings. The Kier molecular flexibility index (Phi) is 5.32. The zero-order valence-electron chi connectivity index (χ0n) is 14.1. The minimum atomic E-state index is -0.463. The molecule has 2 atom stereocenters. The number of hydrogen-bond acceptors (Lipinski definition) is 3. The third-order valence-corrected chi connectivity index (χ3v) is 4.32. The predicted octanol–water partition coefficient (Wildman–Crippen LogP) is 2.72. The van der Waals surface area contributed by atoms with Gasteiger partial charge < -0.3 is 15.3 Å². The maximum absolute atomic E-state index is 12.4. The molecule has 1 aliphatic heterocycles. The van der Waals surface area contributed by atoms with Crippen LogP contribution in [0.2, 0.25) is 0 Å². The average molecular weight is 335 g/mol. The fourth-order valence-corrected chi connectivity index (χ4v) is 2.68. The molecule has 0 spiro atoms. The highest BCUT2D eigenvalue weighted by atomic mass is 16.3. The highest BCUT2D eigenvalue weighted by Gasteiger charge is 2.27. The third-order valence-electron chi connectivity index (χ3n) is 4.32. The Morgan fingerprint density at radius 3 is 2.92 bits per heavy atom. The Balaban J connectivity index is 1.66. The number of likely N-dealkylation sites (tertiary alicyclic amines) is 1. The van der Waals surface area contributed by atoms with Crippen molar-refractivity contribution in [3.63, 3.8) is 0 Å². The van der Waals surface area contributed by atoms with E-state index in [4.69, 9.17) is 0 Å². The molecule has 1 aromatic heterocycles. The molecule has 0 saturated carbocycles. The number of nitrogens with zero attached hydrogens (tertiary/aromatic N) is 2. The van der Waals surface area contributed by atoms with E-state index in [1.807, 2.05) is 49.4 Å². The summed E-state index contributed by atoms with van der Waals surface area (Å²) >= 11 is 0. The second-order valence-electron chi connectivity index (χ2n) is 6.26. The number of carbonyl (C=O) groups is 1. The third kappa shape index (κ3) is 4.59. The summed E-state index contributed by atoms with van der Waals surface area (Å²) < 4.78 is 0. The van der Waals surface area contributed by atoms with Crippen molar-refractivity contribution < 1.29 is 9.90 Å². The first-order valence-corrected chi connectivity index (χ1v) is 8.39. The zero-order chi connectivity index (χ0) is 17.6. The maximum atomic E-state index is 12.4. The van der Waals surface area contributed by atoms with Crippen LogP contribution < -0.4 is 5.32 Å². The van der Waals surface area contributed by atoms with Crippen LogP contribution >= 0.6 is 0 Å². The number of amides is 2. The summed E-state index contributed by atoms with van der Waals surface area (Å²) in [4.78, 5) is 18.2. The highest BCUT2D eigenvalue weighted by molar-refractivity contribution is 5.89. The number of urea groups is 1. The fourth-order valence-electron chi connectivity index (χ4n) is 2.68. The summed E-state index contributed by atoms with van der Waals surface area (Å²) in [5.41, 5.74) is 2.19. The number of benzene rings is 1. The van der Waals surface area contributed by atoms with Gasteiger partial charge in [-0.3, -0.25) is 0 Å². The summed E-state index contributed by atoms with van der Waals surface area (Å²) in [5, 5.41) is 12.8. The Bertz CT molecular complexity index is 795. The molecule has 2 N–H and O–H groups in total. The van der Waals surface area contributed by atoms with E-state index in [1.165, 1.54) is 0 Å². The van der Waals surface area contributed by atoms with Crippen LogP contribution in [-0.2, 0) is 0 Å². The van der Waals surface area contributed by atoms with E-state index in [0.29, 0.717) is 24.5 Å². The Morgan fingerprint density at radius 1 is 1.28 bits per heavy atom. The van der Waals surface area contributed by atoms with Crippen LogP contribution in [0.4, 0.5) is 10.5 Å². The number of hydrogen-bond donors (Lipinski definition) is 2. The number of pyridine rings is 1. The minimum Gasteiger partial charge on any atom is -0.391 e. The minimum absolute atomic E-state index is 0.194. The first-order chi connectivity index (χ1) is 12.1. The van der Waals surface area contributed by atoms with Crippen molar-refractivity contribution in [1.82, 2.24) is 9.88 Å². The lowest BCUT2D eigenvalue weighted by atomic mass is 9.96. The molecule has 0 aliphatic carbocycles. The van der Waals surface area contributed by atoms with E-state index >= 15 is 0 Å². The summed E-state index contributed by atoms with van der Waals surface area (Å²) in [6, 6.07) is 12.8. The molecule has 1 saturated heterocycles. The number of aromatic nitrogens is 1. The van der Waals surface area contributed by atoms with Gasteiger partial charge in [-0.15, -0.1) is 0 Å². The molecule has 3 rings (SSSR count). The Hall–Kier alpha value is -2.84. The fraction of sp³-hybridized carbons (Fsp3) is 0.300. The van der Waals surface area contributed by atoms with Crippen LogP contribution in [0, 0.1) is 17.8 Å². The van der Waals surface area contributed by atoms with Gasteiger partial charge in [0.25, 0.3) is 0 Å². The molecule has 0 bridgehead atoms. The van der Waals surface area contributed by atoms with Crippen molar-refractivity contribution in [3.05, 3.63) is 59.9 Å². The average Bonchev–Trinajstić information content (AvgIpc) is 2.63. The number of piperidine rings is 1. The number of nitrogens with one attached hydrogen (secondary N) is 1. The van der Waals surface area contributed by atoms with Gasteiger partial charge in [-0.1, -0.05) is 25.0 Å². The van der Waals surface area contributed by atoms with Crippen molar-refractivity contribution in [2.75, 3.05) is 18.4 Å². The molecule has 2 heterocycles. The molecule has 5 heteroatoms. The van der Waals surface area contributed by atoms with Crippen LogP contribution in [0.25, 0.3) is 0 Å². The van der Waals surface area contributed by atoms with Gasteiger partial charge in [-0.25, -0.2) is 9.78 Å². The van der Waals surface area contributed by atoms with Crippen molar-refractivity contribution in [2.45, 2.75) is 19.4 Å². The summed E-state index contributed by atoms with van der Waals surface area (Å²) in [5.74, 6) is 6.28. The number of anilines is 1. The Labute approximate surface area is 147 Å². The van der Waals surface area contributed by atoms with Crippen molar-refractivity contribution >= 4 is 11.7 Å². The second-order valence-corrected chi connectivity index (χ2v) is 6.26. The highest BCUT2D eigenvalue weighted by Crippen LogP contribution is 2.18. The molecule has 0 radical (unpaired) electrons. The monoisotopic (exact) mass is 335 g/mol. The lowest BCUT2D eigenvalue weighted by molar-refractivity contribution is 0.0464. The van der Waals surface area contributed by atoms with Gasteiger partial charge in [-0.2, -0.15) is 0 Å². The van der Waals surface area contributed by atoms with E-state index in [-0.39, 0.29) is 11.9 Å². The first-order valence-electron chi connectivity index (χ1n) is 8.39. The van der Waals surface area contributed by atoms with Crippen molar-refractivity contribution in [2.24, 2.45) is 5.92 Å². The number of carbonyl (C=O) groups excluding carboxylic acids is 1. The second kappa shape index (κ2) is 7.82. The molecule has 128 valence electrons. The largest absolute Gasteiger partial charge is 0.391 e. The number of aliphatic hydroxyl groups excluding tert-OH is 1. The van der Waals surface area contributed by atoms with Gasteiger partial charge in [-0.05, 0) is 48.6 Å². The summed E-state index contributed by atoms with van der Waals surface area (Å²) in [6.07, 6.45) is 2.05. The normalized spacial score (nSPS) is 19.7. The SMILES string of the molecule is CC1CCN(C(=O)Nc2cccc(C#Cc3ccccn3)c2)CC1O. The maximum Gasteiger partial charge on any atom is 0.321 e. The Morgan fingerprint density at radius 2 is 2.16 bits per heavy atom. The van der Waals surface area contributed by atoms with E-state index in [2.05, 4.69) is 22.1 Å². The molecular formula is C20H21N3O2. The van der Waals surface area contributed by atoms with E-state index in [0.717, 1.165) is 12.0 Å². The van der Waals surface area contributed by atoms with Gasteiger partial charge in [0.2, 0.25) is 0 Å². The molecular weight excluding hydrogens is 314 g/mol. The molecule has 2 amide bonds. The van der Waals surface area contributed by atoms with Gasteiger partial charge in [0, 0.05) is 30.5 Å². The van der Waals surface area contributed by atoms with E-state index in [1.54, 1.807) is 11.1 Å². The van der Waals surface area contributed by atoms with E-state index in [9.17, 15) is 9.90 Å². The van der Waals surface area contributed by atoms with Crippen LogP contribution in [0.1, 0.15) is 24.6 Å². The van der Waals surface area contributed by atoms with Crippen LogP contribution in [0.15, 0.2) is 48.7 Å². The molecule has 1 aromatic carbocycles.